The Hall–Kier alpha value is -3.22. The van der Waals surface area contributed by atoms with E-state index in [4.69, 9.17) is 10.5 Å². The molecule has 0 aliphatic rings. The second-order valence-corrected chi connectivity index (χ2v) is 5.05. The SMILES string of the molecule is NC(=O)CCOc1ccc(NC(=O)/C=C\c2c(F)cccc2F)cc1. The number of hydrogen-bond donors (Lipinski definition) is 2. The lowest BCUT2D eigenvalue weighted by Gasteiger charge is -2.06. The number of primary amides is 1. The Bertz CT molecular complexity index is 769. The van der Waals surface area contributed by atoms with Crippen LogP contribution in [-0.4, -0.2) is 18.4 Å². The van der Waals surface area contributed by atoms with Crippen LogP contribution in [0.4, 0.5) is 14.5 Å². The number of nitrogens with two attached hydrogens (primary N) is 1. The van der Waals surface area contributed by atoms with Crippen LogP contribution in [0.3, 0.4) is 0 Å². The van der Waals surface area contributed by atoms with Gasteiger partial charge in [0, 0.05) is 17.3 Å². The van der Waals surface area contributed by atoms with E-state index in [1.54, 1.807) is 24.3 Å². The van der Waals surface area contributed by atoms with Gasteiger partial charge in [-0.25, -0.2) is 8.78 Å². The zero-order chi connectivity index (χ0) is 18.2. The van der Waals surface area contributed by atoms with Crippen LogP contribution in [-0.2, 0) is 9.59 Å². The molecule has 0 unspecified atom stereocenters. The third kappa shape index (κ3) is 5.72. The molecule has 2 aromatic rings. The highest BCUT2D eigenvalue weighted by Gasteiger charge is 2.05. The Balaban J connectivity index is 1.92. The highest BCUT2D eigenvalue weighted by molar-refractivity contribution is 6.01. The zero-order valence-corrected chi connectivity index (χ0v) is 13.2. The van der Waals surface area contributed by atoms with Crippen LogP contribution in [0.25, 0.3) is 6.08 Å². The molecule has 3 N–H and O–H groups in total. The van der Waals surface area contributed by atoms with Crippen LogP contribution in [0.5, 0.6) is 5.75 Å². The van der Waals surface area contributed by atoms with Crippen molar-refractivity contribution >= 4 is 23.6 Å². The number of benzene rings is 2. The van der Waals surface area contributed by atoms with Gasteiger partial charge in [-0.3, -0.25) is 9.59 Å². The largest absolute Gasteiger partial charge is 0.493 e. The average Bonchev–Trinajstić information content (AvgIpc) is 2.56. The minimum atomic E-state index is -0.749. The molecule has 0 aliphatic heterocycles. The molecule has 0 aromatic heterocycles. The second-order valence-electron chi connectivity index (χ2n) is 5.05. The highest BCUT2D eigenvalue weighted by atomic mass is 19.1. The summed E-state index contributed by atoms with van der Waals surface area (Å²) in [6.07, 6.45) is 2.22. The highest BCUT2D eigenvalue weighted by Crippen LogP contribution is 2.17. The number of ether oxygens (including phenoxy) is 1. The maximum atomic E-state index is 13.5. The molecule has 7 heteroatoms. The zero-order valence-electron chi connectivity index (χ0n) is 13.2. The summed E-state index contributed by atoms with van der Waals surface area (Å²) in [6, 6.07) is 9.86. The third-order valence-corrected chi connectivity index (χ3v) is 3.14. The maximum Gasteiger partial charge on any atom is 0.248 e. The molecule has 5 nitrogen and oxygen atoms in total. The fraction of sp³-hybridized carbons (Fsp3) is 0.111. The normalized spacial score (nSPS) is 10.6. The number of rotatable bonds is 7. The van der Waals surface area contributed by atoms with Crippen LogP contribution in [0, 0.1) is 11.6 Å². The van der Waals surface area contributed by atoms with Crippen molar-refractivity contribution in [2.45, 2.75) is 6.42 Å². The van der Waals surface area contributed by atoms with Crippen LogP contribution in [0.2, 0.25) is 0 Å². The van der Waals surface area contributed by atoms with Crippen LogP contribution in [0.15, 0.2) is 48.5 Å². The summed E-state index contributed by atoms with van der Waals surface area (Å²) in [5, 5.41) is 2.55. The summed E-state index contributed by atoms with van der Waals surface area (Å²) >= 11 is 0. The Morgan fingerprint density at radius 3 is 2.32 bits per heavy atom. The lowest BCUT2D eigenvalue weighted by Crippen LogP contribution is -2.14. The molecule has 0 bridgehead atoms. The molecule has 2 aromatic carbocycles. The molecule has 0 spiro atoms. The van der Waals surface area contributed by atoms with Gasteiger partial charge in [0.1, 0.15) is 17.4 Å². The van der Waals surface area contributed by atoms with Gasteiger partial charge in [-0.15, -0.1) is 0 Å². The summed E-state index contributed by atoms with van der Waals surface area (Å²) in [4.78, 5) is 22.4. The molecule has 0 radical (unpaired) electrons. The first-order valence-corrected chi connectivity index (χ1v) is 7.40. The van der Waals surface area contributed by atoms with E-state index in [0.717, 1.165) is 24.3 Å². The molecular weight excluding hydrogens is 330 g/mol. The van der Waals surface area contributed by atoms with E-state index in [9.17, 15) is 18.4 Å². The molecule has 0 fully saturated rings. The average molecular weight is 346 g/mol. The van der Waals surface area contributed by atoms with Crippen molar-refractivity contribution in [3.05, 3.63) is 65.7 Å². The Morgan fingerprint density at radius 1 is 1.08 bits per heavy atom. The second kappa shape index (κ2) is 8.58. The van der Waals surface area contributed by atoms with E-state index in [1.165, 1.54) is 6.07 Å². The number of hydrogen-bond acceptors (Lipinski definition) is 3. The first kappa shape index (κ1) is 18.1. The molecule has 0 saturated heterocycles. The van der Waals surface area contributed by atoms with Gasteiger partial charge >= 0.3 is 0 Å². The topological polar surface area (TPSA) is 81.4 Å². The van der Waals surface area contributed by atoms with E-state index >= 15 is 0 Å². The molecule has 0 saturated carbocycles. The van der Waals surface area contributed by atoms with E-state index in [0.29, 0.717) is 11.4 Å². The molecule has 130 valence electrons. The molecule has 2 rings (SSSR count). The van der Waals surface area contributed by atoms with Crippen molar-refractivity contribution in [1.29, 1.82) is 0 Å². The van der Waals surface area contributed by atoms with Crippen molar-refractivity contribution in [2.75, 3.05) is 11.9 Å². The number of carbonyl (C=O) groups is 2. The predicted molar refractivity (Wildman–Crippen MR) is 89.8 cm³/mol. The number of carbonyl (C=O) groups excluding carboxylic acids is 2. The van der Waals surface area contributed by atoms with Crippen molar-refractivity contribution in [3.63, 3.8) is 0 Å². The van der Waals surface area contributed by atoms with Crippen LogP contribution >= 0.6 is 0 Å². The van der Waals surface area contributed by atoms with Crippen LogP contribution in [0.1, 0.15) is 12.0 Å². The summed E-state index contributed by atoms with van der Waals surface area (Å²) in [7, 11) is 0. The molecule has 0 heterocycles. The molecular formula is C18H16F2N2O3. The van der Waals surface area contributed by atoms with Gasteiger partial charge in [0.2, 0.25) is 11.8 Å². The quantitative estimate of drug-likeness (QED) is 0.757. The smallest absolute Gasteiger partial charge is 0.248 e. The van der Waals surface area contributed by atoms with Gasteiger partial charge in [-0.05, 0) is 42.5 Å². The maximum absolute atomic E-state index is 13.5. The van der Waals surface area contributed by atoms with Crippen molar-refractivity contribution in [1.82, 2.24) is 0 Å². The van der Waals surface area contributed by atoms with Gasteiger partial charge in [0.05, 0.1) is 13.0 Å². The standard InChI is InChI=1S/C18H16F2N2O3/c19-15-2-1-3-16(20)14(15)8-9-18(24)22-12-4-6-13(7-5-12)25-11-10-17(21)23/h1-9H,10-11H2,(H2,21,23)(H,22,24)/b9-8-. The molecule has 25 heavy (non-hydrogen) atoms. The number of halogens is 2. The van der Waals surface area contributed by atoms with E-state index in [2.05, 4.69) is 5.32 Å². The lowest BCUT2D eigenvalue weighted by molar-refractivity contribution is -0.118. The van der Waals surface area contributed by atoms with Gasteiger partial charge in [0.15, 0.2) is 0 Å². The van der Waals surface area contributed by atoms with Crippen molar-refractivity contribution < 1.29 is 23.1 Å². The Kier molecular flexibility index (Phi) is 6.22. The van der Waals surface area contributed by atoms with Gasteiger partial charge in [-0.1, -0.05) is 6.07 Å². The summed E-state index contributed by atoms with van der Waals surface area (Å²) in [5.74, 6) is -1.97. The molecule has 0 aliphatic carbocycles. The monoisotopic (exact) mass is 346 g/mol. The van der Waals surface area contributed by atoms with Crippen molar-refractivity contribution in [3.8, 4) is 5.75 Å². The number of amides is 2. The first-order valence-electron chi connectivity index (χ1n) is 7.40. The fourth-order valence-corrected chi connectivity index (χ4v) is 1.92. The van der Waals surface area contributed by atoms with E-state index < -0.39 is 23.4 Å². The Labute approximate surface area is 143 Å². The lowest BCUT2D eigenvalue weighted by atomic mass is 10.2. The van der Waals surface area contributed by atoms with Gasteiger partial charge in [0.25, 0.3) is 0 Å². The minimum absolute atomic E-state index is 0.107. The van der Waals surface area contributed by atoms with E-state index in [-0.39, 0.29) is 18.6 Å². The minimum Gasteiger partial charge on any atom is -0.493 e. The van der Waals surface area contributed by atoms with E-state index in [1.807, 2.05) is 0 Å². The summed E-state index contributed by atoms with van der Waals surface area (Å²) in [6.45, 7) is 0.165. The van der Waals surface area contributed by atoms with Crippen molar-refractivity contribution in [2.24, 2.45) is 5.73 Å². The number of anilines is 1. The predicted octanol–water partition coefficient (Wildman–Crippen LogP) is 2.87. The fourth-order valence-electron chi connectivity index (χ4n) is 1.92. The van der Waals surface area contributed by atoms with Crippen LogP contribution < -0.4 is 15.8 Å². The first-order chi connectivity index (χ1) is 12.0. The van der Waals surface area contributed by atoms with Gasteiger partial charge in [-0.2, -0.15) is 0 Å². The molecule has 2 amide bonds. The Morgan fingerprint density at radius 2 is 1.72 bits per heavy atom. The number of nitrogens with one attached hydrogen (secondary N) is 1. The summed E-state index contributed by atoms with van der Waals surface area (Å²) < 4.78 is 32.2. The van der Waals surface area contributed by atoms with Gasteiger partial charge < -0.3 is 15.8 Å². The summed E-state index contributed by atoms with van der Waals surface area (Å²) in [5.41, 5.74) is 5.20. The molecule has 0 atom stereocenters. The third-order valence-electron chi connectivity index (χ3n) is 3.14.